The van der Waals surface area contributed by atoms with Crippen molar-refractivity contribution in [3.05, 3.63) is 66.2 Å². The normalized spacial score (nSPS) is 15.5. The topological polar surface area (TPSA) is 67.3 Å². The molecule has 25 heavy (non-hydrogen) atoms. The summed E-state index contributed by atoms with van der Waals surface area (Å²) < 4.78 is 25.9. The molecule has 3 aromatic rings. The highest BCUT2D eigenvalue weighted by Crippen LogP contribution is 2.30. The van der Waals surface area contributed by atoms with E-state index in [0.29, 0.717) is 5.75 Å². The molecule has 4 rings (SSSR count). The zero-order chi connectivity index (χ0) is 17.4. The third kappa shape index (κ3) is 2.79. The monoisotopic (exact) mass is 370 g/mol. The van der Waals surface area contributed by atoms with Gasteiger partial charge in [0.1, 0.15) is 4.90 Å². The van der Waals surface area contributed by atoms with Gasteiger partial charge in [0.15, 0.2) is 0 Å². The number of aromatic nitrogens is 1. The molecule has 0 spiro atoms. The Labute approximate surface area is 149 Å². The van der Waals surface area contributed by atoms with Gasteiger partial charge in [-0.05, 0) is 24.3 Å². The maximum absolute atomic E-state index is 12.5. The largest absolute Gasteiger partial charge is 0.269 e. The van der Waals surface area contributed by atoms with Crippen molar-refractivity contribution in [2.24, 2.45) is 0 Å². The number of nitrogens with zero attached hydrogens (tertiary/aromatic N) is 2. The van der Waals surface area contributed by atoms with E-state index in [1.54, 1.807) is 18.2 Å². The molecule has 0 fully saturated rings. The molecule has 0 N–H and O–H groups in total. The molecule has 0 saturated heterocycles. The van der Waals surface area contributed by atoms with Gasteiger partial charge in [0, 0.05) is 17.7 Å². The highest BCUT2D eigenvalue weighted by atomic mass is 32.2. The minimum atomic E-state index is -3.73. The van der Waals surface area contributed by atoms with E-state index in [2.05, 4.69) is 4.98 Å². The van der Waals surface area contributed by atoms with Gasteiger partial charge < -0.3 is 0 Å². The molecule has 0 bridgehead atoms. The molecule has 1 amide bonds. The Bertz CT molecular complexity index is 1080. The van der Waals surface area contributed by atoms with Gasteiger partial charge in [-0.2, -0.15) is 0 Å². The average Bonchev–Trinajstić information content (AvgIpc) is 2.82. The second-order valence-corrected chi connectivity index (χ2v) is 8.52. The van der Waals surface area contributed by atoms with E-state index in [1.807, 2.05) is 36.4 Å². The zero-order valence-electron chi connectivity index (χ0n) is 13.1. The number of sulfonamides is 1. The lowest BCUT2D eigenvalue weighted by Gasteiger charge is -2.14. The van der Waals surface area contributed by atoms with Crippen molar-refractivity contribution in [3.8, 4) is 0 Å². The lowest BCUT2D eigenvalue weighted by atomic mass is 10.2. The number of carbonyl (C=O) groups excluding carboxylic acids is 1. The van der Waals surface area contributed by atoms with E-state index in [-0.39, 0.29) is 17.0 Å². The smallest absolute Gasteiger partial charge is 0.268 e. The van der Waals surface area contributed by atoms with Crippen LogP contribution in [-0.2, 0) is 10.0 Å². The first-order valence-electron chi connectivity index (χ1n) is 7.72. The van der Waals surface area contributed by atoms with Gasteiger partial charge in [-0.3, -0.25) is 4.79 Å². The maximum atomic E-state index is 12.5. The Balaban J connectivity index is 1.49. The molecule has 1 aliphatic rings. The van der Waals surface area contributed by atoms with E-state index >= 15 is 0 Å². The van der Waals surface area contributed by atoms with Crippen molar-refractivity contribution in [3.63, 3.8) is 0 Å². The van der Waals surface area contributed by atoms with Crippen LogP contribution in [0.4, 0.5) is 0 Å². The summed E-state index contributed by atoms with van der Waals surface area (Å²) in [6, 6.07) is 18.0. The Morgan fingerprint density at radius 1 is 0.960 bits per heavy atom. The van der Waals surface area contributed by atoms with Crippen LogP contribution in [0.25, 0.3) is 10.9 Å². The Morgan fingerprint density at radius 2 is 1.72 bits per heavy atom. The van der Waals surface area contributed by atoms with Crippen molar-refractivity contribution >= 4 is 38.6 Å². The number of hydrogen-bond donors (Lipinski definition) is 0. The third-order valence-corrected chi connectivity index (χ3v) is 6.78. The van der Waals surface area contributed by atoms with E-state index in [4.69, 9.17) is 0 Å². The standard InChI is InChI=1S/C18H14N2O3S2/c21-18-14-6-2-4-8-16(14)25(22,23)20(18)11-12-24-17-10-9-13-5-1-3-7-15(13)19-17/h1-10H,11-12H2. The Kier molecular flexibility index (Phi) is 3.97. The number of carbonyl (C=O) groups is 1. The Morgan fingerprint density at radius 3 is 2.56 bits per heavy atom. The second-order valence-electron chi connectivity index (χ2n) is 5.57. The number of benzene rings is 2. The van der Waals surface area contributed by atoms with Crippen LogP contribution in [0, 0.1) is 0 Å². The van der Waals surface area contributed by atoms with Crippen molar-refractivity contribution in [2.45, 2.75) is 9.92 Å². The summed E-state index contributed by atoms with van der Waals surface area (Å²) in [6.07, 6.45) is 0. The van der Waals surface area contributed by atoms with Gasteiger partial charge in [0.25, 0.3) is 15.9 Å². The van der Waals surface area contributed by atoms with E-state index in [9.17, 15) is 13.2 Å². The summed E-state index contributed by atoms with van der Waals surface area (Å²) in [5.74, 6) is -0.00715. The lowest BCUT2D eigenvalue weighted by Crippen LogP contribution is -2.32. The number of fused-ring (bicyclic) bond motifs is 2. The molecule has 2 heterocycles. The molecule has 0 aliphatic carbocycles. The third-order valence-electron chi connectivity index (χ3n) is 4.03. The summed E-state index contributed by atoms with van der Waals surface area (Å²) in [7, 11) is -3.73. The summed E-state index contributed by atoms with van der Waals surface area (Å²) in [5, 5.41) is 1.86. The van der Waals surface area contributed by atoms with Crippen LogP contribution >= 0.6 is 11.8 Å². The minimum absolute atomic E-state index is 0.0915. The summed E-state index contributed by atoms with van der Waals surface area (Å²) in [5.41, 5.74) is 1.14. The zero-order valence-corrected chi connectivity index (χ0v) is 14.8. The second kappa shape index (κ2) is 6.16. The van der Waals surface area contributed by atoms with E-state index in [0.717, 1.165) is 20.2 Å². The number of amides is 1. The van der Waals surface area contributed by atoms with Crippen molar-refractivity contribution in [1.29, 1.82) is 0 Å². The van der Waals surface area contributed by atoms with Crippen molar-refractivity contribution < 1.29 is 13.2 Å². The van der Waals surface area contributed by atoms with E-state index in [1.165, 1.54) is 17.8 Å². The van der Waals surface area contributed by atoms with Crippen LogP contribution in [0.15, 0.2) is 70.6 Å². The molecule has 0 atom stereocenters. The molecule has 1 aliphatic heterocycles. The van der Waals surface area contributed by atoms with Crippen LogP contribution in [0.3, 0.4) is 0 Å². The van der Waals surface area contributed by atoms with Crippen LogP contribution in [0.2, 0.25) is 0 Å². The number of thioether (sulfide) groups is 1. The molecule has 7 heteroatoms. The summed E-state index contributed by atoms with van der Waals surface area (Å²) in [4.78, 5) is 17.0. The Hall–Kier alpha value is -2.38. The van der Waals surface area contributed by atoms with Crippen LogP contribution in [-0.4, -0.2) is 35.9 Å². The lowest BCUT2D eigenvalue weighted by molar-refractivity contribution is 0.0876. The van der Waals surface area contributed by atoms with Gasteiger partial charge in [-0.1, -0.05) is 36.4 Å². The van der Waals surface area contributed by atoms with E-state index < -0.39 is 15.9 Å². The first kappa shape index (κ1) is 16.1. The fourth-order valence-electron chi connectivity index (χ4n) is 2.81. The molecule has 126 valence electrons. The maximum Gasteiger partial charge on any atom is 0.269 e. The quantitative estimate of drug-likeness (QED) is 0.660. The predicted octanol–water partition coefficient (Wildman–Crippen LogP) is 3.17. The van der Waals surface area contributed by atoms with Crippen LogP contribution < -0.4 is 0 Å². The fourth-order valence-corrected chi connectivity index (χ4v) is 5.31. The van der Waals surface area contributed by atoms with Gasteiger partial charge >= 0.3 is 0 Å². The van der Waals surface area contributed by atoms with Crippen molar-refractivity contribution in [2.75, 3.05) is 12.3 Å². The van der Waals surface area contributed by atoms with Crippen molar-refractivity contribution in [1.82, 2.24) is 9.29 Å². The highest BCUT2D eigenvalue weighted by Gasteiger charge is 2.40. The SMILES string of the molecule is O=C1c2ccccc2S(=O)(=O)N1CCSc1ccc2ccccc2n1. The highest BCUT2D eigenvalue weighted by molar-refractivity contribution is 7.99. The molecule has 0 saturated carbocycles. The molecule has 0 unspecified atom stereocenters. The first-order chi connectivity index (χ1) is 12.1. The fraction of sp³-hybridized carbons (Fsp3) is 0.111. The minimum Gasteiger partial charge on any atom is -0.268 e. The molecular weight excluding hydrogens is 356 g/mol. The molecular formula is C18H14N2O3S2. The first-order valence-corrected chi connectivity index (χ1v) is 10.1. The summed E-state index contributed by atoms with van der Waals surface area (Å²) in [6.45, 7) is 0.120. The average molecular weight is 370 g/mol. The van der Waals surface area contributed by atoms with Crippen LogP contribution in [0.1, 0.15) is 10.4 Å². The van der Waals surface area contributed by atoms with Gasteiger partial charge in [-0.25, -0.2) is 17.7 Å². The number of rotatable bonds is 4. The molecule has 1 aromatic heterocycles. The number of pyridine rings is 1. The summed E-state index contributed by atoms with van der Waals surface area (Å²) >= 11 is 1.43. The van der Waals surface area contributed by atoms with Crippen LogP contribution in [0.5, 0.6) is 0 Å². The molecule has 5 nitrogen and oxygen atoms in total. The number of hydrogen-bond acceptors (Lipinski definition) is 5. The molecule has 2 aromatic carbocycles. The van der Waals surface area contributed by atoms with Gasteiger partial charge in [0.2, 0.25) is 0 Å². The predicted molar refractivity (Wildman–Crippen MR) is 97.1 cm³/mol. The molecule has 0 radical (unpaired) electrons. The van der Waals surface area contributed by atoms with Gasteiger partial charge in [0.05, 0.1) is 16.1 Å². The number of para-hydroxylation sites is 1. The van der Waals surface area contributed by atoms with Gasteiger partial charge in [-0.15, -0.1) is 11.8 Å².